The maximum atomic E-state index is 13.3. The van der Waals surface area contributed by atoms with Gasteiger partial charge in [0, 0.05) is 19.5 Å². The number of amides is 1. The van der Waals surface area contributed by atoms with Gasteiger partial charge in [-0.1, -0.05) is 25.3 Å². The van der Waals surface area contributed by atoms with Gasteiger partial charge in [-0.15, -0.1) is 0 Å². The van der Waals surface area contributed by atoms with E-state index < -0.39 is 17.6 Å². The number of carbonyl (C=O) groups is 2. The summed E-state index contributed by atoms with van der Waals surface area (Å²) in [6, 6.07) is 3.46. The summed E-state index contributed by atoms with van der Waals surface area (Å²) in [5, 5.41) is 8.81. The molecule has 1 fully saturated rings. The smallest absolute Gasteiger partial charge is 0.305 e. The Balaban J connectivity index is 1.97. The second-order valence-corrected chi connectivity index (χ2v) is 6.04. The fraction of sp³-hybridized carbons (Fsp3) is 0.529. The molecule has 0 aromatic heterocycles. The van der Waals surface area contributed by atoms with Crippen molar-refractivity contribution in [2.45, 2.75) is 45.1 Å². The monoisotopic (exact) mass is 325 g/mol. The van der Waals surface area contributed by atoms with E-state index in [2.05, 4.69) is 0 Å². The molecule has 23 heavy (non-hydrogen) atoms. The highest BCUT2D eigenvalue weighted by molar-refractivity contribution is 5.77. The lowest BCUT2D eigenvalue weighted by atomic mass is 9.82. The minimum atomic E-state index is -0.993. The lowest BCUT2D eigenvalue weighted by Gasteiger charge is -2.27. The van der Waals surface area contributed by atoms with E-state index in [9.17, 15) is 18.4 Å². The Morgan fingerprint density at radius 3 is 2.48 bits per heavy atom. The van der Waals surface area contributed by atoms with Crippen molar-refractivity contribution < 1.29 is 23.5 Å². The fourth-order valence-corrected chi connectivity index (χ4v) is 2.65. The number of carboxylic acid groups (broad SMARTS) is 1. The molecule has 1 aliphatic carbocycles. The standard InChI is InChI=1S/C17H21F2NO3/c18-14-6-4-13(10-15(14)19)11-20(9-8-17(22)23)16(21)7-5-12-2-1-3-12/h4,6,10,12H,1-3,5,7-9,11H2,(H,22,23). The number of rotatable bonds is 8. The lowest BCUT2D eigenvalue weighted by molar-refractivity contribution is -0.138. The number of hydrogen-bond acceptors (Lipinski definition) is 2. The molecule has 0 atom stereocenters. The third-order valence-electron chi connectivity index (χ3n) is 4.30. The van der Waals surface area contributed by atoms with Crippen molar-refractivity contribution in [3.8, 4) is 0 Å². The molecule has 0 saturated heterocycles. The molecule has 1 amide bonds. The van der Waals surface area contributed by atoms with Crippen LogP contribution < -0.4 is 0 Å². The Hall–Kier alpha value is -1.98. The van der Waals surface area contributed by atoms with E-state index in [4.69, 9.17) is 5.11 Å². The number of carboxylic acids is 1. The normalized spacial score (nSPS) is 14.3. The topological polar surface area (TPSA) is 57.6 Å². The molecule has 0 unspecified atom stereocenters. The summed E-state index contributed by atoms with van der Waals surface area (Å²) in [6.07, 6.45) is 4.50. The van der Waals surface area contributed by atoms with E-state index >= 15 is 0 Å². The van der Waals surface area contributed by atoms with Gasteiger partial charge in [0.25, 0.3) is 0 Å². The van der Waals surface area contributed by atoms with Gasteiger partial charge in [0.2, 0.25) is 5.91 Å². The minimum absolute atomic E-state index is 0.0673. The number of halogens is 2. The van der Waals surface area contributed by atoms with Gasteiger partial charge in [0.15, 0.2) is 11.6 Å². The molecule has 126 valence electrons. The largest absolute Gasteiger partial charge is 0.481 e. The van der Waals surface area contributed by atoms with Crippen LogP contribution in [0.5, 0.6) is 0 Å². The number of nitrogens with zero attached hydrogens (tertiary/aromatic N) is 1. The molecule has 1 saturated carbocycles. The maximum Gasteiger partial charge on any atom is 0.305 e. The van der Waals surface area contributed by atoms with Crippen LogP contribution in [0.1, 0.15) is 44.1 Å². The van der Waals surface area contributed by atoms with Crippen LogP contribution in [0.2, 0.25) is 0 Å². The number of aliphatic carboxylic acids is 1. The summed E-state index contributed by atoms with van der Waals surface area (Å²) in [4.78, 5) is 24.5. The molecule has 0 aliphatic heterocycles. The fourth-order valence-electron chi connectivity index (χ4n) is 2.65. The van der Waals surface area contributed by atoms with Crippen molar-refractivity contribution in [1.29, 1.82) is 0 Å². The van der Waals surface area contributed by atoms with Crippen molar-refractivity contribution >= 4 is 11.9 Å². The molecule has 4 nitrogen and oxygen atoms in total. The van der Waals surface area contributed by atoms with Gasteiger partial charge in [-0.05, 0) is 30.0 Å². The lowest BCUT2D eigenvalue weighted by Crippen LogP contribution is -2.33. The maximum absolute atomic E-state index is 13.3. The van der Waals surface area contributed by atoms with Gasteiger partial charge in [0.1, 0.15) is 0 Å². The molecule has 0 heterocycles. The molecular formula is C17H21F2NO3. The Bertz CT molecular complexity index is 573. The zero-order valence-electron chi connectivity index (χ0n) is 12.9. The van der Waals surface area contributed by atoms with Gasteiger partial charge >= 0.3 is 5.97 Å². The summed E-state index contributed by atoms with van der Waals surface area (Å²) >= 11 is 0. The number of benzene rings is 1. The van der Waals surface area contributed by atoms with E-state index in [1.54, 1.807) is 0 Å². The third kappa shape index (κ3) is 5.30. The molecule has 1 N–H and O–H groups in total. The molecule has 1 aromatic carbocycles. The summed E-state index contributed by atoms with van der Waals surface area (Å²) in [5.41, 5.74) is 0.450. The van der Waals surface area contributed by atoms with Gasteiger partial charge in [-0.3, -0.25) is 9.59 Å². The first-order chi connectivity index (χ1) is 11.0. The van der Waals surface area contributed by atoms with E-state index in [-0.39, 0.29) is 25.4 Å². The van der Waals surface area contributed by atoms with Crippen LogP contribution in [0.25, 0.3) is 0 Å². The van der Waals surface area contributed by atoms with Crippen molar-refractivity contribution in [3.63, 3.8) is 0 Å². The van der Waals surface area contributed by atoms with Gasteiger partial charge in [0.05, 0.1) is 6.42 Å². The quantitative estimate of drug-likeness (QED) is 0.797. The molecule has 1 aliphatic rings. The van der Waals surface area contributed by atoms with Crippen LogP contribution in [-0.2, 0) is 16.1 Å². The second kappa shape index (κ2) is 8.04. The first kappa shape index (κ1) is 17.4. The summed E-state index contributed by atoms with van der Waals surface area (Å²) in [6.45, 7) is 0.159. The highest BCUT2D eigenvalue weighted by Gasteiger charge is 2.21. The second-order valence-electron chi connectivity index (χ2n) is 6.04. The third-order valence-corrected chi connectivity index (χ3v) is 4.30. The molecular weight excluding hydrogens is 304 g/mol. The Kier molecular flexibility index (Phi) is 6.07. The molecule has 0 bridgehead atoms. The Morgan fingerprint density at radius 2 is 1.91 bits per heavy atom. The van der Waals surface area contributed by atoms with Crippen LogP contribution in [0.15, 0.2) is 18.2 Å². The average Bonchev–Trinajstić information content (AvgIpc) is 2.45. The van der Waals surface area contributed by atoms with E-state index in [0.29, 0.717) is 17.9 Å². The predicted molar refractivity (Wildman–Crippen MR) is 80.6 cm³/mol. The van der Waals surface area contributed by atoms with E-state index in [1.807, 2.05) is 0 Å². The van der Waals surface area contributed by atoms with Gasteiger partial charge in [-0.2, -0.15) is 0 Å². The zero-order chi connectivity index (χ0) is 16.8. The van der Waals surface area contributed by atoms with Crippen LogP contribution in [-0.4, -0.2) is 28.4 Å². The molecule has 0 radical (unpaired) electrons. The first-order valence-corrected chi connectivity index (χ1v) is 7.89. The highest BCUT2D eigenvalue weighted by atomic mass is 19.2. The predicted octanol–water partition coefficient (Wildman–Crippen LogP) is 3.35. The van der Waals surface area contributed by atoms with E-state index in [1.165, 1.54) is 17.4 Å². The van der Waals surface area contributed by atoms with Crippen molar-refractivity contribution in [1.82, 2.24) is 4.90 Å². The molecule has 6 heteroatoms. The zero-order valence-corrected chi connectivity index (χ0v) is 12.9. The SMILES string of the molecule is O=C(O)CCN(Cc1ccc(F)c(F)c1)C(=O)CCC1CCC1. The summed E-state index contributed by atoms with van der Waals surface area (Å²) in [5.74, 6) is -2.46. The van der Waals surface area contributed by atoms with Crippen molar-refractivity contribution in [3.05, 3.63) is 35.4 Å². The minimum Gasteiger partial charge on any atom is -0.481 e. The van der Waals surface area contributed by atoms with Crippen LogP contribution in [0.4, 0.5) is 8.78 Å². The van der Waals surface area contributed by atoms with E-state index in [0.717, 1.165) is 31.4 Å². The van der Waals surface area contributed by atoms with Crippen LogP contribution in [0, 0.1) is 17.6 Å². The number of hydrogen-bond donors (Lipinski definition) is 1. The summed E-state index contributed by atoms with van der Waals surface area (Å²) < 4.78 is 26.2. The first-order valence-electron chi connectivity index (χ1n) is 7.89. The van der Waals surface area contributed by atoms with Gasteiger partial charge < -0.3 is 10.0 Å². The molecule has 0 spiro atoms. The Labute approximate surface area is 134 Å². The summed E-state index contributed by atoms with van der Waals surface area (Å²) in [7, 11) is 0. The van der Waals surface area contributed by atoms with Crippen LogP contribution >= 0.6 is 0 Å². The molecule has 1 aromatic rings. The Morgan fingerprint density at radius 1 is 1.17 bits per heavy atom. The average molecular weight is 325 g/mol. The highest BCUT2D eigenvalue weighted by Crippen LogP contribution is 2.30. The van der Waals surface area contributed by atoms with Crippen molar-refractivity contribution in [2.75, 3.05) is 6.54 Å². The number of carbonyl (C=O) groups excluding carboxylic acids is 1. The van der Waals surface area contributed by atoms with Gasteiger partial charge in [-0.25, -0.2) is 8.78 Å². The van der Waals surface area contributed by atoms with Crippen molar-refractivity contribution in [2.24, 2.45) is 5.92 Å². The van der Waals surface area contributed by atoms with Crippen LogP contribution in [0.3, 0.4) is 0 Å². The molecule has 2 rings (SSSR count).